The predicted molar refractivity (Wildman–Crippen MR) is 136 cm³/mol. The first kappa shape index (κ1) is 22.1. The standard InChI is InChI=1S/C29H23FN4O3/c1-15(2)24-22-23(27(37)33(26(22)36)17-13-11-16(30)12-14-17)29(32-24)19-8-4-6-10-21(19)34-25(35)18-7-3-5-9-20(18)31-28(29)34/h3-15,22-24,32H,1-2H3/t22-,23-,24-,29-/m1/s1. The highest BCUT2D eigenvalue weighted by molar-refractivity contribution is 6.23. The average molecular weight is 495 g/mol. The van der Waals surface area contributed by atoms with Gasteiger partial charge < -0.3 is 0 Å². The Balaban J connectivity index is 1.53. The molecule has 0 aliphatic carbocycles. The van der Waals surface area contributed by atoms with Gasteiger partial charge in [-0.2, -0.15) is 0 Å². The molecule has 3 aliphatic rings. The zero-order chi connectivity index (χ0) is 25.6. The lowest BCUT2D eigenvalue weighted by Crippen LogP contribution is -2.51. The van der Waals surface area contributed by atoms with Gasteiger partial charge in [0, 0.05) is 11.6 Å². The van der Waals surface area contributed by atoms with Crippen molar-refractivity contribution in [2.24, 2.45) is 17.8 Å². The highest BCUT2D eigenvalue weighted by Gasteiger charge is 2.70. The van der Waals surface area contributed by atoms with Gasteiger partial charge in [0.1, 0.15) is 17.2 Å². The molecule has 4 aromatic rings. The van der Waals surface area contributed by atoms with Gasteiger partial charge >= 0.3 is 0 Å². The van der Waals surface area contributed by atoms with Crippen LogP contribution >= 0.6 is 0 Å². The molecule has 1 aromatic heterocycles. The molecule has 7 rings (SSSR count). The molecule has 1 N–H and O–H groups in total. The molecule has 0 bridgehead atoms. The van der Waals surface area contributed by atoms with Crippen molar-refractivity contribution in [2.75, 3.05) is 4.90 Å². The third kappa shape index (κ3) is 2.68. The molecule has 2 saturated heterocycles. The highest BCUT2D eigenvalue weighted by atomic mass is 19.1. The summed E-state index contributed by atoms with van der Waals surface area (Å²) in [5.74, 6) is -2.26. The number of halogens is 1. The van der Waals surface area contributed by atoms with Gasteiger partial charge in [-0.1, -0.05) is 44.2 Å². The van der Waals surface area contributed by atoms with Crippen molar-refractivity contribution < 1.29 is 14.0 Å². The molecule has 0 saturated carbocycles. The number of anilines is 1. The molecule has 37 heavy (non-hydrogen) atoms. The number of nitrogens with one attached hydrogen (secondary N) is 1. The van der Waals surface area contributed by atoms with Crippen molar-refractivity contribution in [1.82, 2.24) is 14.9 Å². The Labute approximate surface area is 211 Å². The zero-order valence-electron chi connectivity index (χ0n) is 20.2. The lowest BCUT2D eigenvalue weighted by molar-refractivity contribution is -0.123. The Morgan fingerprint density at radius 2 is 1.62 bits per heavy atom. The maximum Gasteiger partial charge on any atom is 0.266 e. The summed E-state index contributed by atoms with van der Waals surface area (Å²) in [5, 5.41) is 4.14. The van der Waals surface area contributed by atoms with Gasteiger partial charge in [-0.3, -0.25) is 24.3 Å². The van der Waals surface area contributed by atoms with Crippen molar-refractivity contribution in [3.05, 3.63) is 100 Å². The fourth-order valence-corrected chi connectivity index (χ4v) is 6.57. The van der Waals surface area contributed by atoms with E-state index in [1.54, 1.807) is 22.8 Å². The van der Waals surface area contributed by atoms with Crippen molar-refractivity contribution in [3.63, 3.8) is 0 Å². The lowest BCUT2D eigenvalue weighted by Gasteiger charge is -2.32. The van der Waals surface area contributed by atoms with Crippen LogP contribution in [0.1, 0.15) is 25.2 Å². The van der Waals surface area contributed by atoms with Crippen LogP contribution in [-0.4, -0.2) is 27.4 Å². The molecule has 0 radical (unpaired) electrons. The Hall–Kier alpha value is -4.17. The predicted octanol–water partition coefficient (Wildman–Crippen LogP) is 3.52. The normalized spacial score (nSPS) is 25.8. The summed E-state index contributed by atoms with van der Waals surface area (Å²) in [7, 11) is 0. The van der Waals surface area contributed by atoms with Crippen LogP contribution in [0.5, 0.6) is 0 Å². The van der Waals surface area contributed by atoms with Gasteiger partial charge in [0.05, 0.1) is 34.1 Å². The van der Waals surface area contributed by atoms with Crippen LogP contribution in [0.2, 0.25) is 0 Å². The molecule has 184 valence electrons. The van der Waals surface area contributed by atoms with Crippen molar-refractivity contribution in [3.8, 4) is 5.69 Å². The molecule has 2 fully saturated rings. The molecule has 7 nitrogen and oxygen atoms in total. The molecule has 1 spiro atoms. The second kappa shape index (κ2) is 7.43. The summed E-state index contributed by atoms with van der Waals surface area (Å²) in [5.41, 5.74) is 0.861. The molecule has 0 unspecified atom stereocenters. The summed E-state index contributed by atoms with van der Waals surface area (Å²) in [6.45, 7) is 4.02. The van der Waals surface area contributed by atoms with Crippen LogP contribution in [-0.2, 0) is 15.1 Å². The highest BCUT2D eigenvalue weighted by Crippen LogP contribution is 2.56. The zero-order valence-corrected chi connectivity index (χ0v) is 20.2. The molecule has 4 atom stereocenters. The van der Waals surface area contributed by atoms with Crippen LogP contribution in [0.15, 0.2) is 77.6 Å². The van der Waals surface area contributed by atoms with E-state index in [0.29, 0.717) is 28.1 Å². The van der Waals surface area contributed by atoms with Crippen molar-refractivity contribution in [2.45, 2.75) is 25.4 Å². The smallest absolute Gasteiger partial charge is 0.266 e. The number of carbonyl (C=O) groups is 2. The summed E-state index contributed by atoms with van der Waals surface area (Å²) < 4.78 is 15.3. The van der Waals surface area contributed by atoms with E-state index >= 15 is 0 Å². The number of nitrogens with zero attached hydrogens (tertiary/aromatic N) is 3. The van der Waals surface area contributed by atoms with E-state index in [1.165, 1.54) is 29.2 Å². The van der Waals surface area contributed by atoms with E-state index < -0.39 is 23.2 Å². The minimum atomic E-state index is -1.18. The van der Waals surface area contributed by atoms with E-state index in [-0.39, 0.29) is 29.3 Å². The maximum atomic E-state index is 14.2. The molecule has 3 aromatic carbocycles. The molecule has 2 amide bonds. The van der Waals surface area contributed by atoms with Crippen LogP contribution in [0.3, 0.4) is 0 Å². The number of hydrogen-bond acceptors (Lipinski definition) is 5. The Kier molecular flexibility index (Phi) is 4.43. The quantitative estimate of drug-likeness (QED) is 0.431. The second-order valence-electron chi connectivity index (χ2n) is 10.3. The largest absolute Gasteiger partial charge is 0.296 e. The number of imide groups is 1. The van der Waals surface area contributed by atoms with Gasteiger partial charge in [-0.05, 0) is 48.4 Å². The molecular weight excluding hydrogens is 471 g/mol. The minimum Gasteiger partial charge on any atom is -0.296 e. The number of fused-ring (bicyclic) bond motifs is 8. The fourth-order valence-electron chi connectivity index (χ4n) is 6.57. The van der Waals surface area contributed by atoms with Gasteiger partial charge in [0.25, 0.3) is 5.56 Å². The van der Waals surface area contributed by atoms with Crippen molar-refractivity contribution >= 4 is 28.4 Å². The number of para-hydroxylation sites is 2. The maximum absolute atomic E-state index is 14.2. The van der Waals surface area contributed by atoms with Crippen LogP contribution in [0, 0.1) is 23.6 Å². The Bertz CT molecular complexity index is 1700. The number of aromatic nitrogens is 2. The average Bonchev–Trinajstić information content (AvgIpc) is 3.49. The number of carbonyl (C=O) groups excluding carboxylic acids is 2. The van der Waals surface area contributed by atoms with E-state index in [0.717, 1.165) is 5.56 Å². The molecule has 3 aliphatic heterocycles. The molecule has 4 heterocycles. The van der Waals surface area contributed by atoms with Crippen LogP contribution in [0.25, 0.3) is 16.6 Å². The first-order chi connectivity index (χ1) is 17.8. The Morgan fingerprint density at radius 3 is 2.38 bits per heavy atom. The lowest BCUT2D eigenvalue weighted by atomic mass is 9.75. The van der Waals surface area contributed by atoms with E-state index in [2.05, 4.69) is 5.32 Å². The van der Waals surface area contributed by atoms with Gasteiger partial charge in [-0.15, -0.1) is 0 Å². The van der Waals surface area contributed by atoms with Crippen LogP contribution in [0.4, 0.5) is 10.1 Å². The van der Waals surface area contributed by atoms with Gasteiger partial charge in [-0.25, -0.2) is 14.3 Å². The molecule has 8 heteroatoms. The van der Waals surface area contributed by atoms with E-state index in [9.17, 15) is 18.8 Å². The monoisotopic (exact) mass is 494 g/mol. The minimum absolute atomic E-state index is 0.00480. The third-order valence-electron chi connectivity index (χ3n) is 8.10. The topological polar surface area (TPSA) is 84.3 Å². The van der Waals surface area contributed by atoms with Crippen LogP contribution < -0.4 is 15.8 Å². The first-order valence-electron chi connectivity index (χ1n) is 12.4. The SMILES string of the molecule is CC(C)[C@H]1N[C@]2(c3ccccc3-n3c2nc2ccccc2c3=O)[C@H]2C(=O)N(c3ccc(F)cc3)C(=O)[C@@H]12. The number of amides is 2. The van der Waals surface area contributed by atoms with E-state index in [1.807, 2.05) is 44.2 Å². The summed E-state index contributed by atoms with van der Waals surface area (Å²) in [6.07, 6.45) is 0. The number of benzene rings is 3. The van der Waals surface area contributed by atoms with Gasteiger partial charge in [0.2, 0.25) is 11.8 Å². The number of rotatable bonds is 2. The summed E-state index contributed by atoms with van der Waals surface area (Å²) in [4.78, 5) is 48.1. The Morgan fingerprint density at radius 1 is 0.919 bits per heavy atom. The summed E-state index contributed by atoms with van der Waals surface area (Å²) >= 11 is 0. The molecular formula is C29H23FN4O3. The number of hydrogen-bond donors (Lipinski definition) is 1. The fraction of sp³-hybridized carbons (Fsp3) is 0.241. The van der Waals surface area contributed by atoms with Crippen molar-refractivity contribution in [1.29, 1.82) is 0 Å². The van der Waals surface area contributed by atoms with Gasteiger partial charge in [0.15, 0.2) is 0 Å². The summed E-state index contributed by atoms with van der Waals surface area (Å²) in [6, 6.07) is 19.6. The van der Waals surface area contributed by atoms with E-state index in [4.69, 9.17) is 4.98 Å². The first-order valence-corrected chi connectivity index (χ1v) is 12.4. The second-order valence-corrected chi connectivity index (χ2v) is 10.3. The third-order valence-corrected chi connectivity index (χ3v) is 8.10.